The number of sulfonamides is 1. The van der Waals surface area contributed by atoms with Gasteiger partial charge < -0.3 is 9.88 Å². The third-order valence-electron chi connectivity index (χ3n) is 4.90. The lowest BCUT2D eigenvalue weighted by atomic mass is 10.0. The molecule has 1 saturated heterocycles. The van der Waals surface area contributed by atoms with E-state index in [2.05, 4.69) is 32.1 Å². The lowest BCUT2D eigenvalue weighted by molar-refractivity contribution is -0.121. The van der Waals surface area contributed by atoms with Gasteiger partial charge in [-0.3, -0.25) is 9.69 Å². The molecule has 0 aliphatic carbocycles. The molecule has 1 aliphatic heterocycles. The van der Waals surface area contributed by atoms with Gasteiger partial charge in [0.25, 0.3) is 10.0 Å². The molecule has 0 radical (unpaired) electrons. The Morgan fingerprint density at radius 2 is 2.04 bits per heavy atom. The zero-order chi connectivity index (χ0) is 20.1. The van der Waals surface area contributed by atoms with Crippen LogP contribution in [0.3, 0.4) is 0 Å². The summed E-state index contributed by atoms with van der Waals surface area (Å²) in [5, 5.41) is 2.87. The number of hydrogen-bond donors (Lipinski definition) is 2. The number of aryl methyl sites for hydroxylation is 2. The van der Waals surface area contributed by atoms with E-state index in [1.165, 1.54) is 11.8 Å². The Morgan fingerprint density at radius 1 is 1.29 bits per heavy atom. The van der Waals surface area contributed by atoms with Crippen molar-refractivity contribution in [2.75, 3.05) is 19.6 Å². The van der Waals surface area contributed by atoms with Gasteiger partial charge in [0.1, 0.15) is 5.82 Å². The molecule has 0 saturated carbocycles. The molecule has 2 N–H and O–H groups in total. The Kier molecular flexibility index (Phi) is 6.48. The molecule has 1 atom stereocenters. The van der Waals surface area contributed by atoms with Gasteiger partial charge in [0.15, 0.2) is 5.03 Å². The standard InChI is InChI=1S/C19H27N5O3S/c1-15-21-19(14-23(15)2)28(26,27)20-11-18(25)22-17-9-6-10-24(13-17)12-16-7-4-3-5-8-16/h3-5,7-8,14,17,20H,6,9-13H2,1-2H3,(H,22,25)/t17-/m1/s1. The van der Waals surface area contributed by atoms with Crippen LogP contribution in [0.1, 0.15) is 24.2 Å². The number of nitrogens with zero attached hydrogens (tertiary/aromatic N) is 3. The molecule has 28 heavy (non-hydrogen) atoms. The molecule has 9 heteroatoms. The van der Waals surface area contributed by atoms with E-state index in [0.29, 0.717) is 5.82 Å². The summed E-state index contributed by atoms with van der Waals surface area (Å²) in [5.41, 5.74) is 1.24. The number of carbonyl (C=O) groups excluding carboxylic acids is 1. The maximum absolute atomic E-state index is 12.3. The summed E-state index contributed by atoms with van der Waals surface area (Å²) in [6.45, 7) is 4.02. The number of rotatable bonds is 7. The van der Waals surface area contributed by atoms with Crippen LogP contribution in [0, 0.1) is 6.92 Å². The van der Waals surface area contributed by atoms with Gasteiger partial charge in [-0.25, -0.2) is 18.1 Å². The first-order valence-electron chi connectivity index (χ1n) is 9.39. The number of amides is 1. The largest absolute Gasteiger partial charge is 0.351 e. The van der Waals surface area contributed by atoms with E-state index in [4.69, 9.17) is 0 Å². The van der Waals surface area contributed by atoms with Crippen molar-refractivity contribution >= 4 is 15.9 Å². The Labute approximate surface area is 166 Å². The molecule has 152 valence electrons. The molecular weight excluding hydrogens is 378 g/mol. The first kappa shape index (κ1) is 20.5. The average Bonchev–Trinajstić information content (AvgIpc) is 3.01. The highest BCUT2D eigenvalue weighted by atomic mass is 32.2. The second-order valence-corrected chi connectivity index (χ2v) is 8.90. The number of nitrogens with one attached hydrogen (secondary N) is 2. The molecule has 0 spiro atoms. The van der Waals surface area contributed by atoms with Crippen molar-refractivity contribution in [3.63, 3.8) is 0 Å². The second-order valence-electron chi connectivity index (χ2n) is 7.19. The minimum atomic E-state index is -3.80. The van der Waals surface area contributed by atoms with Crippen molar-refractivity contribution < 1.29 is 13.2 Å². The highest BCUT2D eigenvalue weighted by Gasteiger charge is 2.23. The van der Waals surface area contributed by atoms with Gasteiger partial charge in [0, 0.05) is 32.4 Å². The Morgan fingerprint density at radius 3 is 2.71 bits per heavy atom. The van der Waals surface area contributed by atoms with Crippen LogP contribution in [-0.2, 0) is 28.4 Å². The van der Waals surface area contributed by atoms with Crippen molar-refractivity contribution in [3.8, 4) is 0 Å². The van der Waals surface area contributed by atoms with E-state index < -0.39 is 10.0 Å². The molecule has 8 nitrogen and oxygen atoms in total. The molecule has 2 aromatic rings. The molecule has 1 aliphatic rings. The van der Waals surface area contributed by atoms with Gasteiger partial charge in [-0.15, -0.1) is 0 Å². The van der Waals surface area contributed by atoms with Crippen molar-refractivity contribution in [3.05, 3.63) is 47.9 Å². The maximum atomic E-state index is 12.3. The van der Waals surface area contributed by atoms with Crippen molar-refractivity contribution in [2.45, 2.75) is 37.4 Å². The Bertz CT molecular complexity index is 891. The van der Waals surface area contributed by atoms with Crippen LogP contribution in [0.2, 0.25) is 0 Å². The van der Waals surface area contributed by atoms with Gasteiger partial charge in [0.05, 0.1) is 6.54 Å². The van der Waals surface area contributed by atoms with E-state index in [-0.39, 0.29) is 23.5 Å². The van der Waals surface area contributed by atoms with E-state index in [9.17, 15) is 13.2 Å². The summed E-state index contributed by atoms with van der Waals surface area (Å²) in [4.78, 5) is 18.6. The predicted octanol–water partition coefficient (Wildman–Crippen LogP) is 0.788. The SMILES string of the molecule is Cc1nc(S(=O)(=O)NCC(=O)N[C@@H]2CCCN(Cc3ccccc3)C2)cn1C. The number of likely N-dealkylation sites (tertiary alicyclic amines) is 1. The zero-order valence-electron chi connectivity index (χ0n) is 16.3. The number of aromatic nitrogens is 2. The van der Waals surface area contributed by atoms with Gasteiger partial charge in [-0.05, 0) is 31.9 Å². The minimum Gasteiger partial charge on any atom is -0.351 e. The normalized spacial score (nSPS) is 18.1. The fraction of sp³-hybridized carbons (Fsp3) is 0.474. The number of imidazole rings is 1. The van der Waals surface area contributed by atoms with Gasteiger partial charge in [-0.2, -0.15) is 0 Å². The number of hydrogen-bond acceptors (Lipinski definition) is 5. The van der Waals surface area contributed by atoms with Crippen LogP contribution >= 0.6 is 0 Å². The molecule has 0 unspecified atom stereocenters. The lowest BCUT2D eigenvalue weighted by Gasteiger charge is -2.33. The highest BCUT2D eigenvalue weighted by molar-refractivity contribution is 7.89. The third-order valence-corrected chi connectivity index (χ3v) is 6.18. The van der Waals surface area contributed by atoms with E-state index >= 15 is 0 Å². The minimum absolute atomic E-state index is 0.0200. The first-order chi connectivity index (χ1) is 13.3. The molecule has 3 rings (SSSR count). The quantitative estimate of drug-likeness (QED) is 0.710. The average molecular weight is 406 g/mol. The molecule has 1 fully saturated rings. The van der Waals surface area contributed by atoms with E-state index in [1.807, 2.05) is 18.2 Å². The van der Waals surface area contributed by atoms with E-state index in [0.717, 1.165) is 32.5 Å². The molecular formula is C19H27N5O3S. The molecule has 1 aromatic carbocycles. The summed E-state index contributed by atoms with van der Waals surface area (Å²) in [7, 11) is -2.08. The van der Waals surface area contributed by atoms with Crippen LogP contribution in [-0.4, -0.2) is 54.5 Å². The fourth-order valence-electron chi connectivity index (χ4n) is 3.33. The Hall–Kier alpha value is -2.23. The Balaban J connectivity index is 1.49. The fourth-order valence-corrected chi connectivity index (χ4v) is 4.35. The zero-order valence-corrected chi connectivity index (χ0v) is 17.1. The molecule has 1 amide bonds. The van der Waals surface area contributed by atoms with Gasteiger partial charge >= 0.3 is 0 Å². The van der Waals surface area contributed by atoms with Crippen molar-refractivity contribution in [2.24, 2.45) is 7.05 Å². The second kappa shape index (κ2) is 8.85. The highest BCUT2D eigenvalue weighted by Crippen LogP contribution is 2.14. The summed E-state index contributed by atoms with van der Waals surface area (Å²) < 4.78 is 28.5. The topological polar surface area (TPSA) is 96.3 Å². The predicted molar refractivity (Wildman–Crippen MR) is 106 cm³/mol. The van der Waals surface area contributed by atoms with Crippen molar-refractivity contribution in [1.82, 2.24) is 24.5 Å². The smallest absolute Gasteiger partial charge is 0.260 e. The van der Waals surface area contributed by atoms with Crippen LogP contribution < -0.4 is 10.0 Å². The summed E-state index contributed by atoms with van der Waals surface area (Å²) in [6.07, 6.45) is 3.32. The monoisotopic (exact) mass is 405 g/mol. The van der Waals surface area contributed by atoms with Gasteiger partial charge in [0.2, 0.25) is 5.91 Å². The maximum Gasteiger partial charge on any atom is 0.260 e. The number of benzene rings is 1. The first-order valence-corrected chi connectivity index (χ1v) is 10.9. The van der Waals surface area contributed by atoms with Crippen molar-refractivity contribution in [1.29, 1.82) is 0 Å². The lowest BCUT2D eigenvalue weighted by Crippen LogP contribution is -2.49. The molecule has 0 bridgehead atoms. The summed E-state index contributed by atoms with van der Waals surface area (Å²) in [5.74, 6) is 0.258. The van der Waals surface area contributed by atoms with Crippen LogP contribution in [0.15, 0.2) is 41.6 Å². The molecule has 1 aromatic heterocycles. The number of carbonyl (C=O) groups is 1. The third kappa shape index (κ3) is 5.40. The van der Waals surface area contributed by atoms with Crippen LogP contribution in [0.5, 0.6) is 0 Å². The van der Waals surface area contributed by atoms with E-state index in [1.54, 1.807) is 18.5 Å². The summed E-state index contributed by atoms with van der Waals surface area (Å²) >= 11 is 0. The van der Waals surface area contributed by atoms with Gasteiger partial charge in [-0.1, -0.05) is 30.3 Å². The molecule has 2 heterocycles. The van der Waals surface area contributed by atoms with Crippen LogP contribution in [0.4, 0.5) is 0 Å². The number of piperidine rings is 1. The summed E-state index contributed by atoms with van der Waals surface area (Å²) in [6, 6.07) is 10.2. The van der Waals surface area contributed by atoms with Crippen LogP contribution in [0.25, 0.3) is 0 Å².